The van der Waals surface area contributed by atoms with Crippen molar-refractivity contribution in [1.29, 1.82) is 0 Å². The van der Waals surface area contributed by atoms with Gasteiger partial charge in [0, 0.05) is 5.56 Å². The highest BCUT2D eigenvalue weighted by Crippen LogP contribution is 2.27. The Balaban J connectivity index is 1.97. The molecule has 0 radical (unpaired) electrons. The van der Waals surface area contributed by atoms with Crippen LogP contribution in [0, 0.1) is 0 Å². The van der Waals surface area contributed by atoms with Gasteiger partial charge in [0.05, 0.1) is 12.8 Å². The Morgan fingerprint density at radius 3 is 2.42 bits per heavy atom. The summed E-state index contributed by atoms with van der Waals surface area (Å²) in [7, 11) is 1.63. The first-order chi connectivity index (χ1) is 11.8. The highest BCUT2D eigenvalue weighted by atomic mass is 16.5. The van der Waals surface area contributed by atoms with E-state index < -0.39 is 0 Å². The van der Waals surface area contributed by atoms with E-state index in [4.69, 9.17) is 10.5 Å². The van der Waals surface area contributed by atoms with Crippen molar-refractivity contribution in [2.24, 2.45) is 0 Å². The maximum absolute atomic E-state index is 5.85. The summed E-state index contributed by atoms with van der Waals surface area (Å²) in [5.74, 6) is 2.12. The molecule has 0 aromatic heterocycles. The fraction of sp³-hybridized carbons (Fsp3) is 0.0588. The van der Waals surface area contributed by atoms with Crippen LogP contribution in [0.1, 0.15) is 0 Å². The van der Waals surface area contributed by atoms with Crippen molar-refractivity contribution in [1.82, 2.24) is 25.0 Å². The first kappa shape index (κ1) is 14.1. The maximum atomic E-state index is 5.85. The molecule has 0 saturated heterocycles. The van der Waals surface area contributed by atoms with Gasteiger partial charge in [-0.2, -0.15) is 5.10 Å². The summed E-state index contributed by atoms with van der Waals surface area (Å²) < 4.78 is 6.94. The summed E-state index contributed by atoms with van der Waals surface area (Å²) >= 11 is 0. The summed E-state index contributed by atoms with van der Waals surface area (Å²) in [6.07, 6.45) is 0. The minimum atomic E-state index is 0.263. The minimum absolute atomic E-state index is 0.263. The van der Waals surface area contributed by atoms with E-state index in [-0.39, 0.29) is 5.82 Å². The molecule has 0 amide bonds. The SMILES string of the molecule is COc1ccc(-n2nc3c(N)nnc-3nc2-c2ccccc2)cc1. The van der Waals surface area contributed by atoms with E-state index in [2.05, 4.69) is 20.3 Å². The second kappa shape index (κ2) is 5.62. The Kier molecular flexibility index (Phi) is 3.31. The molecule has 2 N–H and O–H groups in total. The molecule has 7 nitrogen and oxygen atoms in total. The van der Waals surface area contributed by atoms with E-state index in [1.54, 1.807) is 11.8 Å². The van der Waals surface area contributed by atoms with Crippen molar-refractivity contribution >= 4 is 5.82 Å². The quantitative estimate of drug-likeness (QED) is 0.623. The van der Waals surface area contributed by atoms with Crippen LogP contribution in [0.2, 0.25) is 0 Å². The van der Waals surface area contributed by atoms with Gasteiger partial charge in [-0.1, -0.05) is 30.3 Å². The van der Waals surface area contributed by atoms with Gasteiger partial charge >= 0.3 is 0 Å². The van der Waals surface area contributed by atoms with Crippen LogP contribution in [0.25, 0.3) is 28.6 Å². The minimum Gasteiger partial charge on any atom is -0.497 e. The number of rotatable bonds is 3. The largest absolute Gasteiger partial charge is 0.497 e. The molecule has 0 fully saturated rings. The van der Waals surface area contributed by atoms with Crippen molar-refractivity contribution < 1.29 is 4.74 Å². The van der Waals surface area contributed by atoms with E-state index in [1.807, 2.05) is 54.6 Å². The predicted molar refractivity (Wildman–Crippen MR) is 90.0 cm³/mol. The average molecular weight is 318 g/mol. The molecule has 7 heteroatoms. The van der Waals surface area contributed by atoms with Crippen LogP contribution >= 0.6 is 0 Å². The van der Waals surface area contributed by atoms with Crippen LogP contribution in [-0.4, -0.2) is 32.1 Å². The highest BCUT2D eigenvalue weighted by Gasteiger charge is 2.20. The molecule has 2 heterocycles. The van der Waals surface area contributed by atoms with E-state index in [0.29, 0.717) is 17.3 Å². The fourth-order valence-corrected chi connectivity index (χ4v) is 2.45. The highest BCUT2D eigenvalue weighted by molar-refractivity contribution is 5.68. The van der Waals surface area contributed by atoms with Crippen LogP contribution in [0.4, 0.5) is 5.82 Å². The average Bonchev–Trinajstić information content (AvgIpc) is 3.02. The Bertz CT molecular complexity index is 949. The number of hydrogen-bond donors (Lipinski definition) is 1. The van der Waals surface area contributed by atoms with Gasteiger partial charge < -0.3 is 10.5 Å². The fourth-order valence-electron chi connectivity index (χ4n) is 2.45. The van der Waals surface area contributed by atoms with Gasteiger partial charge in [-0.05, 0) is 24.3 Å². The molecule has 0 unspecified atom stereocenters. The van der Waals surface area contributed by atoms with E-state index in [0.717, 1.165) is 17.0 Å². The molecule has 2 aromatic carbocycles. The first-order valence-electron chi connectivity index (χ1n) is 7.35. The zero-order valence-electron chi connectivity index (χ0n) is 12.9. The summed E-state index contributed by atoms with van der Waals surface area (Å²) in [6.45, 7) is 0. The van der Waals surface area contributed by atoms with Crippen LogP contribution < -0.4 is 10.5 Å². The third kappa shape index (κ3) is 2.32. The number of ether oxygens (including phenoxy) is 1. The van der Waals surface area contributed by atoms with Crippen molar-refractivity contribution in [3.63, 3.8) is 0 Å². The van der Waals surface area contributed by atoms with E-state index >= 15 is 0 Å². The Morgan fingerprint density at radius 1 is 0.958 bits per heavy atom. The van der Waals surface area contributed by atoms with Gasteiger partial charge in [-0.15, -0.1) is 10.2 Å². The Hall–Kier alpha value is -3.48. The molecule has 0 atom stereocenters. The lowest BCUT2D eigenvalue weighted by atomic mass is 10.2. The number of hydrogen-bond acceptors (Lipinski definition) is 6. The van der Waals surface area contributed by atoms with Crippen molar-refractivity contribution in [2.45, 2.75) is 0 Å². The normalized spacial score (nSPS) is 10.9. The number of benzene rings is 2. The number of nitrogens with zero attached hydrogens (tertiary/aromatic N) is 5. The molecule has 2 aromatic rings. The number of nitrogen functional groups attached to an aromatic ring is 1. The van der Waals surface area contributed by atoms with E-state index in [1.165, 1.54) is 0 Å². The van der Waals surface area contributed by atoms with Gasteiger partial charge in [0.15, 0.2) is 17.3 Å². The standard InChI is InChI=1S/C17H14N6O/c1-24-13-9-7-12(8-10-13)23-17(11-5-3-2-4-6-11)19-16-14(22-23)15(18)20-21-16/h2-10H,1H3,(H2,18,20). The summed E-state index contributed by atoms with van der Waals surface area (Å²) in [5, 5.41) is 12.4. The third-order valence-electron chi connectivity index (χ3n) is 3.67. The van der Waals surface area contributed by atoms with Crippen LogP contribution in [0.5, 0.6) is 5.75 Å². The zero-order chi connectivity index (χ0) is 16.5. The smallest absolute Gasteiger partial charge is 0.208 e. The van der Waals surface area contributed by atoms with Crippen LogP contribution in [0.3, 0.4) is 0 Å². The number of nitrogens with two attached hydrogens (primary N) is 1. The van der Waals surface area contributed by atoms with Gasteiger partial charge in [-0.25, -0.2) is 9.67 Å². The Labute approximate surface area is 138 Å². The van der Waals surface area contributed by atoms with Crippen LogP contribution in [-0.2, 0) is 0 Å². The molecule has 0 aliphatic carbocycles. The second-order valence-electron chi connectivity index (χ2n) is 5.17. The van der Waals surface area contributed by atoms with Crippen molar-refractivity contribution in [2.75, 3.05) is 12.8 Å². The topological polar surface area (TPSA) is 91.7 Å². The monoisotopic (exact) mass is 318 g/mol. The molecule has 0 bridgehead atoms. The molecule has 4 rings (SSSR count). The summed E-state index contributed by atoms with van der Waals surface area (Å²) in [5.41, 5.74) is 8.08. The van der Waals surface area contributed by atoms with Gasteiger partial charge in [-0.3, -0.25) is 0 Å². The molecular formula is C17H14N6O. The number of fused-ring (bicyclic) bond motifs is 1. The number of anilines is 1. The van der Waals surface area contributed by atoms with Crippen molar-refractivity contribution in [3.05, 3.63) is 54.6 Å². The van der Waals surface area contributed by atoms with Crippen molar-refractivity contribution in [3.8, 4) is 34.3 Å². The third-order valence-corrected chi connectivity index (χ3v) is 3.67. The van der Waals surface area contributed by atoms with Gasteiger partial charge in [0.1, 0.15) is 5.75 Å². The lowest BCUT2D eigenvalue weighted by Gasteiger charge is -2.14. The van der Waals surface area contributed by atoms with Gasteiger partial charge in [0.2, 0.25) is 5.82 Å². The number of aromatic nitrogens is 5. The lowest BCUT2D eigenvalue weighted by Crippen LogP contribution is -2.10. The lowest BCUT2D eigenvalue weighted by molar-refractivity contribution is 0.414. The summed E-state index contributed by atoms with van der Waals surface area (Å²) in [6, 6.07) is 17.3. The first-order valence-corrected chi connectivity index (χ1v) is 7.35. The number of methoxy groups -OCH3 is 1. The van der Waals surface area contributed by atoms with Gasteiger partial charge in [0.25, 0.3) is 0 Å². The van der Waals surface area contributed by atoms with Crippen LogP contribution in [0.15, 0.2) is 54.6 Å². The summed E-state index contributed by atoms with van der Waals surface area (Å²) in [4.78, 5) is 4.60. The molecule has 24 heavy (non-hydrogen) atoms. The zero-order valence-corrected chi connectivity index (χ0v) is 12.9. The second-order valence-corrected chi connectivity index (χ2v) is 5.17. The maximum Gasteiger partial charge on any atom is 0.208 e. The predicted octanol–water partition coefficient (Wildman–Crippen LogP) is 2.42. The molecule has 118 valence electrons. The molecule has 2 aliphatic heterocycles. The molecule has 0 spiro atoms. The Morgan fingerprint density at radius 2 is 1.71 bits per heavy atom. The molecular weight excluding hydrogens is 304 g/mol. The molecule has 0 saturated carbocycles. The molecule has 2 aliphatic rings. The van der Waals surface area contributed by atoms with E-state index in [9.17, 15) is 0 Å².